The number of hydrogen-bond donors (Lipinski definition) is 2. The fraction of sp³-hybridized carbons (Fsp3) is 0.833. The van der Waals surface area contributed by atoms with Crippen LogP contribution in [0.5, 0.6) is 0 Å². The molecule has 0 aliphatic carbocycles. The molecule has 0 aromatic heterocycles. The molecular formula is C12H24N2O. The fourth-order valence-electron chi connectivity index (χ4n) is 2.25. The number of nitrogens with zero attached hydrogens (tertiary/aromatic N) is 1. The van der Waals surface area contributed by atoms with Crippen molar-refractivity contribution in [3.63, 3.8) is 0 Å². The van der Waals surface area contributed by atoms with E-state index in [1.807, 2.05) is 6.08 Å². The second-order valence-electron chi connectivity index (χ2n) is 4.55. The summed E-state index contributed by atoms with van der Waals surface area (Å²) in [4.78, 5) is 2.25. The minimum atomic E-state index is 0.232. The molecule has 3 heteroatoms. The van der Waals surface area contributed by atoms with Crippen LogP contribution in [0, 0.1) is 5.92 Å². The first-order valence-corrected chi connectivity index (χ1v) is 5.93. The topological polar surface area (TPSA) is 35.5 Å². The molecule has 0 spiro atoms. The summed E-state index contributed by atoms with van der Waals surface area (Å²) < 4.78 is 0. The molecule has 1 heterocycles. The summed E-state index contributed by atoms with van der Waals surface area (Å²) in [7, 11) is 0. The number of aliphatic hydroxyl groups is 1. The molecule has 88 valence electrons. The monoisotopic (exact) mass is 212 g/mol. The lowest BCUT2D eigenvalue weighted by molar-refractivity contribution is 0.178. The Hall–Kier alpha value is -0.380. The zero-order valence-electron chi connectivity index (χ0n) is 9.78. The Balaban J connectivity index is 2.31. The van der Waals surface area contributed by atoms with Crippen molar-refractivity contribution in [2.45, 2.75) is 25.8 Å². The highest BCUT2D eigenvalue weighted by Crippen LogP contribution is 2.15. The van der Waals surface area contributed by atoms with E-state index in [1.165, 1.54) is 12.8 Å². The predicted molar refractivity (Wildman–Crippen MR) is 63.9 cm³/mol. The molecule has 0 amide bonds. The molecule has 0 radical (unpaired) electrons. The largest absolute Gasteiger partial charge is 0.395 e. The number of rotatable bonds is 6. The van der Waals surface area contributed by atoms with Crippen LogP contribution in [0.15, 0.2) is 12.7 Å². The van der Waals surface area contributed by atoms with Crippen molar-refractivity contribution in [2.24, 2.45) is 5.92 Å². The van der Waals surface area contributed by atoms with Crippen LogP contribution in [-0.2, 0) is 0 Å². The minimum Gasteiger partial charge on any atom is -0.395 e. The Morgan fingerprint density at radius 2 is 2.40 bits per heavy atom. The number of aliphatic hydroxyl groups excluding tert-OH is 1. The molecule has 2 unspecified atom stereocenters. The molecule has 0 saturated carbocycles. The molecule has 3 nitrogen and oxygen atoms in total. The van der Waals surface area contributed by atoms with Crippen molar-refractivity contribution in [3.05, 3.63) is 12.7 Å². The van der Waals surface area contributed by atoms with Crippen molar-refractivity contribution in [2.75, 3.05) is 32.8 Å². The molecular weight excluding hydrogens is 188 g/mol. The lowest BCUT2D eigenvalue weighted by Gasteiger charge is -2.32. The van der Waals surface area contributed by atoms with E-state index >= 15 is 0 Å². The van der Waals surface area contributed by atoms with E-state index in [4.69, 9.17) is 5.11 Å². The Morgan fingerprint density at radius 3 is 3.00 bits per heavy atom. The summed E-state index contributed by atoms with van der Waals surface area (Å²) in [6.07, 6.45) is 4.44. The first-order chi connectivity index (χ1) is 7.26. The van der Waals surface area contributed by atoms with Gasteiger partial charge in [0.2, 0.25) is 0 Å². The second-order valence-corrected chi connectivity index (χ2v) is 4.55. The number of nitrogens with one attached hydrogen (secondary N) is 1. The van der Waals surface area contributed by atoms with Gasteiger partial charge in [0.15, 0.2) is 0 Å². The van der Waals surface area contributed by atoms with E-state index in [0.29, 0.717) is 6.04 Å². The van der Waals surface area contributed by atoms with Gasteiger partial charge in [-0.05, 0) is 25.3 Å². The van der Waals surface area contributed by atoms with Crippen LogP contribution in [0.4, 0.5) is 0 Å². The maximum absolute atomic E-state index is 8.95. The maximum atomic E-state index is 8.95. The smallest absolute Gasteiger partial charge is 0.0558 e. The van der Waals surface area contributed by atoms with Gasteiger partial charge in [-0.3, -0.25) is 4.90 Å². The van der Waals surface area contributed by atoms with E-state index in [0.717, 1.165) is 32.1 Å². The van der Waals surface area contributed by atoms with E-state index in [-0.39, 0.29) is 6.61 Å². The van der Waals surface area contributed by atoms with E-state index < -0.39 is 0 Å². The third-order valence-electron chi connectivity index (χ3n) is 3.04. The van der Waals surface area contributed by atoms with Crippen molar-refractivity contribution in [1.29, 1.82) is 0 Å². The zero-order valence-corrected chi connectivity index (χ0v) is 9.78. The van der Waals surface area contributed by atoms with Gasteiger partial charge < -0.3 is 10.4 Å². The van der Waals surface area contributed by atoms with E-state index in [9.17, 15) is 0 Å². The van der Waals surface area contributed by atoms with Gasteiger partial charge in [-0.25, -0.2) is 0 Å². The van der Waals surface area contributed by atoms with Crippen LogP contribution in [0.25, 0.3) is 0 Å². The Kier molecular flexibility index (Phi) is 5.91. The fourth-order valence-corrected chi connectivity index (χ4v) is 2.25. The van der Waals surface area contributed by atoms with Gasteiger partial charge >= 0.3 is 0 Å². The molecule has 0 aromatic rings. The standard InChI is InChI=1S/C12H24N2O/c1-3-6-14(7-8-15)10-12-9-11(2)4-5-13-12/h3,11-13,15H,1,4-10H2,2H3. The second kappa shape index (κ2) is 6.99. The molecule has 15 heavy (non-hydrogen) atoms. The SMILES string of the molecule is C=CCN(CCO)CC1CC(C)CCN1. The summed E-state index contributed by atoms with van der Waals surface area (Å²) in [5.41, 5.74) is 0. The van der Waals surface area contributed by atoms with Crippen molar-refractivity contribution < 1.29 is 5.11 Å². The summed E-state index contributed by atoms with van der Waals surface area (Å²) in [5.74, 6) is 0.830. The number of hydrogen-bond acceptors (Lipinski definition) is 3. The Labute approximate surface area is 93.2 Å². The van der Waals surface area contributed by atoms with Crippen molar-refractivity contribution in [3.8, 4) is 0 Å². The lowest BCUT2D eigenvalue weighted by Crippen LogP contribution is -2.46. The van der Waals surface area contributed by atoms with Crippen LogP contribution in [0.1, 0.15) is 19.8 Å². The third-order valence-corrected chi connectivity index (χ3v) is 3.04. The summed E-state index contributed by atoms with van der Waals surface area (Å²) in [5, 5.41) is 12.5. The molecule has 1 fully saturated rings. The van der Waals surface area contributed by atoms with Gasteiger partial charge in [0.05, 0.1) is 6.61 Å². The third kappa shape index (κ3) is 4.78. The molecule has 1 aliphatic rings. The molecule has 0 aromatic carbocycles. The average Bonchev–Trinajstić information content (AvgIpc) is 2.18. The van der Waals surface area contributed by atoms with Gasteiger partial charge in [-0.2, -0.15) is 0 Å². The summed E-state index contributed by atoms with van der Waals surface area (Å²) in [6.45, 7) is 10.1. The van der Waals surface area contributed by atoms with Crippen LogP contribution in [0.2, 0.25) is 0 Å². The van der Waals surface area contributed by atoms with Crippen LogP contribution in [-0.4, -0.2) is 48.8 Å². The van der Waals surface area contributed by atoms with Crippen molar-refractivity contribution in [1.82, 2.24) is 10.2 Å². The Bertz CT molecular complexity index is 184. The molecule has 2 N–H and O–H groups in total. The van der Waals surface area contributed by atoms with Crippen molar-refractivity contribution >= 4 is 0 Å². The minimum absolute atomic E-state index is 0.232. The predicted octanol–water partition coefficient (Wildman–Crippen LogP) is 0.855. The van der Waals surface area contributed by atoms with Gasteiger partial charge in [0.25, 0.3) is 0 Å². The average molecular weight is 212 g/mol. The van der Waals surface area contributed by atoms with Gasteiger partial charge in [0.1, 0.15) is 0 Å². The first kappa shape index (κ1) is 12.7. The van der Waals surface area contributed by atoms with Crippen LogP contribution >= 0.6 is 0 Å². The Morgan fingerprint density at radius 1 is 1.60 bits per heavy atom. The molecule has 2 atom stereocenters. The maximum Gasteiger partial charge on any atom is 0.0558 e. The molecule has 1 saturated heterocycles. The summed E-state index contributed by atoms with van der Waals surface area (Å²) in [6, 6.07) is 0.584. The highest BCUT2D eigenvalue weighted by atomic mass is 16.3. The zero-order chi connectivity index (χ0) is 11.1. The van der Waals surface area contributed by atoms with E-state index in [1.54, 1.807) is 0 Å². The van der Waals surface area contributed by atoms with Gasteiger partial charge in [-0.1, -0.05) is 13.0 Å². The van der Waals surface area contributed by atoms with Crippen LogP contribution in [0.3, 0.4) is 0 Å². The van der Waals surface area contributed by atoms with Crippen LogP contribution < -0.4 is 5.32 Å². The quantitative estimate of drug-likeness (QED) is 0.641. The lowest BCUT2D eigenvalue weighted by atomic mass is 9.94. The molecule has 1 rings (SSSR count). The molecule has 0 bridgehead atoms. The first-order valence-electron chi connectivity index (χ1n) is 5.93. The molecule has 1 aliphatic heterocycles. The summed E-state index contributed by atoms with van der Waals surface area (Å²) >= 11 is 0. The van der Waals surface area contributed by atoms with Gasteiger partial charge in [-0.15, -0.1) is 6.58 Å². The number of piperidine rings is 1. The van der Waals surface area contributed by atoms with Gasteiger partial charge in [0, 0.05) is 25.7 Å². The highest BCUT2D eigenvalue weighted by molar-refractivity contribution is 4.82. The van der Waals surface area contributed by atoms with E-state index in [2.05, 4.69) is 23.7 Å². The normalized spacial score (nSPS) is 26.9. The highest BCUT2D eigenvalue weighted by Gasteiger charge is 2.19.